The average Bonchev–Trinajstić information content (AvgIpc) is 2.27. The van der Waals surface area contributed by atoms with Gasteiger partial charge in [0.15, 0.2) is 0 Å². The fourth-order valence-electron chi connectivity index (χ4n) is 1.24. The van der Waals surface area contributed by atoms with Gasteiger partial charge in [-0.25, -0.2) is 4.79 Å². The maximum atomic E-state index is 11.1. The molecule has 0 saturated heterocycles. The van der Waals surface area contributed by atoms with Crippen LogP contribution >= 0.6 is 0 Å². The third kappa shape index (κ3) is 3.23. The maximum Gasteiger partial charge on any atom is 0.315 e. The summed E-state index contributed by atoms with van der Waals surface area (Å²) in [5.41, 5.74) is 0.498. The molecule has 0 aliphatic heterocycles. The summed E-state index contributed by atoms with van der Waals surface area (Å²) in [6.07, 6.45) is 0. The molecule has 0 aliphatic carbocycles. The van der Waals surface area contributed by atoms with Gasteiger partial charge in [0.05, 0.1) is 11.5 Å². The van der Waals surface area contributed by atoms with Crippen LogP contribution in [0.4, 0.5) is 10.5 Å². The number of urea groups is 1. The number of benzene rings is 1. The number of rotatable bonds is 4. The Labute approximate surface area is 92.8 Å². The lowest BCUT2D eigenvalue weighted by Gasteiger charge is -2.06. The van der Waals surface area contributed by atoms with Gasteiger partial charge in [-0.15, -0.1) is 0 Å². The summed E-state index contributed by atoms with van der Waals surface area (Å²) in [5.74, 6) is 0. The van der Waals surface area contributed by atoms with E-state index in [1.807, 2.05) is 0 Å². The first-order valence-electron chi connectivity index (χ1n) is 4.89. The number of hydrogen-bond donors (Lipinski definition) is 2. The van der Waals surface area contributed by atoms with E-state index in [1.165, 1.54) is 6.07 Å². The second-order valence-corrected chi connectivity index (χ2v) is 3.10. The van der Waals surface area contributed by atoms with Gasteiger partial charge in [-0.2, -0.15) is 0 Å². The number of nitro groups is 1. The molecular weight excluding hydrogens is 210 g/mol. The molecular formula is C10H13N3O3. The molecule has 1 rings (SSSR count). The van der Waals surface area contributed by atoms with Crippen LogP contribution < -0.4 is 10.6 Å². The third-order valence-electron chi connectivity index (χ3n) is 1.97. The number of amides is 2. The van der Waals surface area contributed by atoms with Gasteiger partial charge in [0.1, 0.15) is 0 Å². The fraction of sp³-hybridized carbons (Fsp3) is 0.300. The zero-order chi connectivity index (χ0) is 12.0. The van der Waals surface area contributed by atoms with Crippen molar-refractivity contribution in [2.75, 3.05) is 6.54 Å². The van der Waals surface area contributed by atoms with Gasteiger partial charge >= 0.3 is 6.03 Å². The molecule has 0 heterocycles. The summed E-state index contributed by atoms with van der Waals surface area (Å²) in [7, 11) is 0. The Bertz CT molecular complexity index is 393. The molecule has 0 bridgehead atoms. The topological polar surface area (TPSA) is 84.3 Å². The van der Waals surface area contributed by atoms with Crippen molar-refractivity contribution in [1.82, 2.24) is 10.6 Å². The van der Waals surface area contributed by atoms with Crippen LogP contribution in [0.15, 0.2) is 24.3 Å². The Morgan fingerprint density at radius 3 is 2.69 bits per heavy atom. The fourth-order valence-corrected chi connectivity index (χ4v) is 1.24. The van der Waals surface area contributed by atoms with E-state index in [0.29, 0.717) is 12.1 Å². The minimum absolute atomic E-state index is 0.0132. The molecule has 86 valence electrons. The standard InChI is InChI=1S/C10H13N3O3/c1-2-11-10(14)12-7-8-5-3-4-6-9(8)13(15)16/h3-6H,2,7H2,1H3,(H2,11,12,14). The van der Waals surface area contributed by atoms with E-state index in [-0.39, 0.29) is 18.3 Å². The van der Waals surface area contributed by atoms with E-state index < -0.39 is 4.92 Å². The van der Waals surface area contributed by atoms with Crippen LogP contribution in [0, 0.1) is 10.1 Å². The monoisotopic (exact) mass is 223 g/mol. The van der Waals surface area contributed by atoms with Gasteiger partial charge in [-0.1, -0.05) is 18.2 Å². The number of nitro benzene ring substituents is 1. The Kier molecular flexibility index (Phi) is 4.26. The first-order valence-corrected chi connectivity index (χ1v) is 4.89. The smallest absolute Gasteiger partial charge is 0.315 e. The molecule has 6 heteroatoms. The van der Waals surface area contributed by atoms with Crippen molar-refractivity contribution < 1.29 is 9.72 Å². The van der Waals surface area contributed by atoms with Crippen molar-refractivity contribution in [1.29, 1.82) is 0 Å². The highest BCUT2D eigenvalue weighted by atomic mass is 16.6. The predicted molar refractivity (Wildman–Crippen MR) is 59.0 cm³/mol. The van der Waals surface area contributed by atoms with Gasteiger partial charge in [0, 0.05) is 18.2 Å². The van der Waals surface area contributed by atoms with Crippen molar-refractivity contribution in [3.05, 3.63) is 39.9 Å². The van der Waals surface area contributed by atoms with E-state index in [1.54, 1.807) is 25.1 Å². The third-order valence-corrected chi connectivity index (χ3v) is 1.97. The quantitative estimate of drug-likeness (QED) is 0.598. The molecule has 0 atom stereocenters. The highest BCUT2D eigenvalue weighted by molar-refractivity contribution is 5.73. The number of nitrogens with zero attached hydrogens (tertiary/aromatic N) is 1. The van der Waals surface area contributed by atoms with Crippen molar-refractivity contribution >= 4 is 11.7 Å². The van der Waals surface area contributed by atoms with Crippen LogP contribution in [-0.4, -0.2) is 17.5 Å². The summed E-state index contributed by atoms with van der Waals surface area (Å²) >= 11 is 0. The second kappa shape index (κ2) is 5.69. The van der Waals surface area contributed by atoms with Gasteiger partial charge in [-0.3, -0.25) is 10.1 Å². The van der Waals surface area contributed by atoms with E-state index in [0.717, 1.165) is 0 Å². The largest absolute Gasteiger partial charge is 0.338 e. The van der Waals surface area contributed by atoms with Crippen molar-refractivity contribution in [3.8, 4) is 0 Å². The summed E-state index contributed by atoms with van der Waals surface area (Å²) in [5, 5.41) is 15.8. The Morgan fingerprint density at radius 1 is 1.38 bits per heavy atom. The number of para-hydroxylation sites is 1. The molecule has 6 nitrogen and oxygen atoms in total. The Hall–Kier alpha value is -2.11. The van der Waals surface area contributed by atoms with E-state index in [2.05, 4.69) is 10.6 Å². The highest BCUT2D eigenvalue weighted by Crippen LogP contribution is 2.16. The second-order valence-electron chi connectivity index (χ2n) is 3.10. The van der Waals surface area contributed by atoms with Crippen LogP contribution in [0.2, 0.25) is 0 Å². The van der Waals surface area contributed by atoms with Crippen molar-refractivity contribution in [2.45, 2.75) is 13.5 Å². The number of hydrogen-bond acceptors (Lipinski definition) is 3. The molecule has 0 unspecified atom stereocenters. The number of carbonyl (C=O) groups excluding carboxylic acids is 1. The predicted octanol–water partition coefficient (Wildman–Crippen LogP) is 1.41. The minimum Gasteiger partial charge on any atom is -0.338 e. The average molecular weight is 223 g/mol. The molecule has 0 fully saturated rings. The molecule has 0 spiro atoms. The highest BCUT2D eigenvalue weighted by Gasteiger charge is 2.12. The van der Waals surface area contributed by atoms with Gasteiger partial charge < -0.3 is 10.6 Å². The Balaban J connectivity index is 2.66. The minimum atomic E-state index is -0.464. The summed E-state index contributed by atoms with van der Waals surface area (Å²) in [6, 6.07) is 5.98. The molecule has 0 aromatic heterocycles. The van der Waals surface area contributed by atoms with E-state index in [4.69, 9.17) is 0 Å². The van der Waals surface area contributed by atoms with E-state index in [9.17, 15) is 14.9 Å². The summed E-state index contributed by atoms with van der Waals surface area (Å²) in [6.45, 7) is 2.45. The number of carbonyl (C=O) groups is 1. The zero-order valence-corrected chi connectivity index (χ0v) is 8.90. The molecule has 0 saturated carbocycles. The first-order chi connectivity index (χ1) is 7.65. The van der Waals surface area contributed by atoms with Crippen LogP contribution in [0.3, 0.4) is 0 Å². The molecule has 16 heavy (non-hydrogen) atoms. The molecule has 0 radical (unpaired) electrons. The molecule has 2 N–H and O–H groups in total. The van der Waals surface area contributed by atoms with Gasteiger partial charge in [-0.05, 0) is 6.92 Å². The zero-order valence-electron chi connectivity index (χ0n) is 8.90. The normalized spacial score (nSPS) is 9.56. The molecule has 0 aliphatic rings. The lowest BCUT2D eigenvalue weighted by molar-refractivity contribution is -0.385. The van der Waals surface area contributed by atoms with Crippen LogP contribution in [0.5, 0.6) is 0 Å². The van der Waals surface area contributed by atoms with Gasteiger partial charge in [0.2, 0.25) is 0 Å². The Morgan fingerprint density at radius 2 is 2.06 bits per heavy atom. The van der Waals surface area contributed by atoms with Crippen LogP contribution in [-0.2, 0) is 6.54 Å². The molecule has 2 amide bonds. The maximum absolute atomic E-state index is 11.1. The summed E-state index contributed by atoms with van der Waals surface area (Å²) < 4.78 is 0. The number of nitrogens with one attached hydrogen (secondary N) is 2. The van der Waals surface area contributed by atoms with Crippen molar-refractivity contribution in [3.63, 3.8) is 0 Å². The lowest BCUT2D eigenvalue weighted by Crippen LogP contribution is -2.34. The SMILES string of the molecule is CCNC(=O)NCc1ccccc1[N+](=O)[O-]. The summed E-state index contributed by atoms with van der Waals surface area (Å²) in [4.78, 5) is 21.3. The van der Waals surface area contributed by atoms with Crippen LogP contribution in [0.25, 0.3) is 0 Å². The van der Waals surface area contributed by atoms with E-state index >= 15 is 0 Å². The van der Waals surface area contributed by atoms with Crippen LogP contribution in [0.1, 0.15) is 12.5 Å². The first kappa shape index (κ1) is 12.0. The lowest BCUT2D eigenvalue weighted by atomic mass is 10.2. The van der Waals surface area contributed by atoms with Crippen molar-refractivity contribution in [2.24, 2.45) is 0 Å². The molecule has 1 aromatic rings. The van der Waals surface area contributed by atoms with Gasteiger partial charge in [0.25, 0.3) is 5.69 Å². The molecule has 1 aromatic carbocycles.